The van der Waals surface area contributed by atoms with Gasteiger partial charge in [-0.1, -0.05) is 30.3 Å². The van der Waals surface area contributed by atoms with Crippen molar-refractivity contribution in [2.75, 3.05) is 0 Å². The van der Waals surface area contributed by atoms with E-state index in [1.807, 2.05) is 30.3 Å². The Kier molecular flexibility index (Phi) is 2.91. The molecule has 0 fully saturated rings. The maximum Gasteiger partial charge on any atom is 0.409 e. The highest BCUT2D eigenvalue weighted by Crippen LogP contribution is 2.23. The van der Waals surface area contributed by atoms with Crippen LogP contribution in [0.2, 0.25) is 0 Å². The van der Waals surface area contributed by atoms with Crippen molar-refractivity contribution in [3.05, 3.63) is 60.0 Å². The summed E-state index contributed by atoms with van der Waals surface area (Å²) < 4.78 is 5.39. The molecule has 0 saturated heterocycles. The van der Waals surface area contributed by atoms with Crippen molar-refractivity contribution >= 4 is 6.09 Å². The Hall–Kier alpha value is -2.23. The topological polar surface area (TPSA) is 58.6 Å². The predicted molar refractivity (Wildman–Crippen MR) is 58.7 cm³/mol. The third-order valence-corrected chi connectivity index (χ3v) is 2.18. The van der Waals surface area contributed by atoms with Crippen LogP contribution in [0.15, 0.2) is 54.4 Å². The predicted octanol–water partition coefficient (Wildman–Crippen LogP) is 2.42. The van der Waals surface area contributed by atoms with Crippen molar-refractivity contribution in [1.29, 1.82) is 0 Å². The van der Waals surface area contributed by atoms with Crippen molar-refractivity contribution in [2.45, 2.75) is 6.10 Å². The number of hydrogen-bond donors (Lipinski definition) is 2. The van der Waals surface area contributed by atoms with E-state index in [1.54, 1.807) is 12.2 Å². The summed E-state index contributed by atoms with van der Waals surface area (Å²) in [5, 5.41) is 10.9. The van der Waals surface area contributed by atoms with Crippen molar-refractivity contribution in [2.24, 2.45) is 0 Å². The van der Waals surface area contributed by atoms with Crippen LogP contribution in [0.5, 0.6) is 0 Å². The number of rotatable bonds is 2. The Morgan fingerprint density at radius 3 is 2.75 bits per heavy atom. The summed E-state index contributed by atoms with van der Waals surface area (Å²) in [5.41, 5.74) is 1.50. The van der Waals surface area contributed by atoms with Crippen LogP contribution in [-0.4, -0.2) is 11.2 Å². The molecule has 1 heterocycles. The number of nitrogens with one attached hydrogen (secondary N) is 1. The molecule has 82 valence electrons. The van der Waals surface area contributed by atoms with E-state index >= 15 is 0 Å². The maximum atomic E-state index is 10.5. The Balaban J connectivity index is 2.16. The third kappa shape index (κ3) is 2.42. The molecule has 16 heavy (non-hydrogen) atoms. The monoisotopic (exact) mass is 217 g/mol. The van der Waals surface area contributed by atoms with Crippen LogP contribution in [0.1, 0.15) is 11.7 Å². The van der Waals surface area contributed by atoms with Crippen LogP contribution in [-0.2, 0) is 4.74 Å². The van der Waals surface area contributed by atoms with Gasteiger partial charge in [0.2, 0.25) is 0 Å². The van der Waals surface area contributed by atoms with Crippen molar-refractivity contribution in [3.63, 3.8) is 0 Å². The molecular formula is C12H11NO3. The summed E-state index contributed by atoms with van der Waals surface area (Å²) >= 11 is 0. The molecule has 1 aromatic carbocycles. The Morgan fingerprint density at radius 2 is 2.06 bits per heavy atom. The number of amides is 1. The second kappa shape index (κ2) is 4.53. The van der Waals surface area contributed by atoms with Gasteiger partial charge in [0, 0.05) is 5.70 Å². The number of benzene rings is 1. The van der Waals surface area contributed by atoms with Crippen molar-refractivity contribution in [1.82, 2.24) is 5.32 Å². The molecule has 0 aromatic heterocycles. The zero-order chi connectivity index (χ0) is 11.4. The van der Waals surface area contributed by atoms with Gasteiger partial charge in [-0.25, -0.2) is 4.79 Å². The summed E-state index contributed by atoms with van der Waals surface area (Å²) in [5.74, 6) is 0. The molecule has 0 spiro atoms. The van der Waals surface area contributed by atoms with Gasteiger partial charge in [-0.2, -0.15) is 0 Å². The summed E-state index contributed by atoms with van der Waals surface area (Å²) in [7, 11) is 0. The van der Waals surface area contributed by atoms with Crippen molar-refractivity contribution in [3.8, 4) is 0 Å². The fourth-order valence-electron chi connectivity index (χ4n) is 1.48. The quantitative estimate of drug-likeness (QED) is 0.799. The van der Waals surface area contributed by atoms with Gasteiger partial charge in [0.25, 0.3) is 0 Å². The SMILES string of the molecule is O=C(O)NC1=CC(c2ccccc2)OC=C1. The number of hydrogen-bond acceptors (Lipinski definition) is 2. The van der Waals surface area contributed by atoms with Gasteiger partial charge in [-0.3, -0.25) is 5.32 Å². The minimum atomic E-state index is -1.08. The minimum Gasteiger partial charge on any atom is -0.489 e. The lowest BCUT2D eigenvalue weighted by Gasteiger charge is -2.18. The molecule has 4 nitrogen and oxygen atoms in total. The normalized spacial score (nSPS) is 18.5. The summed E-state index contributed by atoms with van der Waals surface area (Å²) in [6.07, 6.45) is 3.47. The molecule has 1 aliphatic heterocycles. The highest BCUT2D eigenvalue weighted by atomic mass is 16.5. The lowest BCUT2D eigenvalue weighted by atomic mass is 10.1. The molecule has 2 rings (SSSR count). The molecule has 1 amide bonds. The number of allylic oxidation sites excluding steroid dienone is 1. The van der Waals surface area contributed by atoms with Crippen LogP contribution >= 0.6 is 0 Å². The van der Waals surface area contributed by atoms with E-state index in [1.165, 1.54) is 6.26 Å². The maximum absolute atomic E-state index is 10.5. The smallest absolute Gasteiger partial charge is 0.409 e. The lowest BCUT2D eigenvalue weighted by molar-refractivity contribution is 0.181. The fourth-order valence-corrected chi connectivity index (χ4v) is 1.48. The van der Waals surface area contributed by atoms with E-state index < -0.39 is 6.09 Å². The largest absolute Gasteiger partial charge is 0.489 e. The van der Waals surface area contributed by atoms with Crippen molar-refractivity contribution < 1.29 is 14.6 Å². The molecule has 1 aliphatic rings. The standard InChI is InChI=1S/C12H11NO3/c14-12(15)13-10-6-7-16-11(8-10)9-4-2-1-3-5-9/h1-8,11,13H,(H,14,15). The number of ether oxygens (including phenoxy) is 1. The fraction of sp³-hybridized carbons (Fsp3) is 0.0833. The van der Waals surface area contributed by atoms with E-state index in [4.69, 9.17) is 9.84 Å². The number of carboxylic acid groups (broad SMARTS) is 1. The Labute approximate surface area is 92.9 Å². The second-order valence-electron chi connectivity index (χ2n) is 3.32. The summed E-state index contributed by atoms with van der Waals surface area (Å²) in [6, 6.07) is 9.60. The van der Waals surface area contributed by atoms with Gasteiger partial charge in [0.1, 0.15) is 6.10 Å². The van der Waals surface area contributed by atoms with Crippen LogP contribution in [0.3, 0.4) is 0 Å². The summed E-state index contributed by atoms with van der Waals surface area (Å²) in [6.45, 7) is 0. The van der Waals surface area contributed by atoms with E-state index in [9.17, 15) is 4.79 Å². The van der Waals surface area contributed by atoms with Crippen LogP contribution in [0, 0.1) is 0 Å². The highest BCUT2D eigenvalue weighted by Gasteiger charge is 2.13. The first-order valence-electron chi connectivity index (χ1n) is 4.84. The van der Waals surface area contributed by atoms with Crippen LogP contribution in [0.25, 0.3) is 0 Å². The molecule has 1 unspecified atom stereocenters. The van der Waals surface area contributed by atoms with Gasteiger partial charge in [0.15, 0.2) is 0 Å². The molecule has 1 aromatic rings. The molecular weight excluding hydrogens is 206 g/mol. The van der Waals surface area contributed by atoms with E-state index in [0.29, 0.717) is 5.70 Å². The third-order valence-electron chi connectivity index (χ3n) is 2.18. The van der Waals surface area contributed by atoms with Crippen LogP contribution in [0.4, 0.5) is 4.79 Å². The average molecular weight is 217 g/mol. The highest BCUT2D eigenvalue weighted by molar-refractivity contribution is 5.67. The van der Waals surface area contributed by atoms with E-state index in [2.05, 4.69) is 5.32 Å². The molecule has 0 saturated carbocycles. The molecule has 4 heteroatoms. The zero-order valence-corrected chi connectivity index (χ0v) is 8.46. The van der Waals surface area contributed by atoms with Gasteiger partial charge < -0.3 is 9.84 Å². The molecule has 0 aliphatic carbocycles. The molecule has 0 bridgehead atoms. The van der Waals surface area contributed by atoms with Gasteiger partial charge in [0.05, 0.1) is 6.26 Å². The summed E-state index contributed by atoms with van der Waals surface area (Å²) in [4.78, 5) is 10.5. The Bertz CT molecular complexity index is 437. The second-order valence-corrected chi connectivity index (χ2v) is 3.32. The lowest BCUT2D eigenvalue weighted by Crippen LogP contribution is -2.21. The van der Waals surface area contributed by atoms with Gasteiger partial charge >= 0.3 is 6.09 Å². The van der Waals surface area contributed by atoms with Crippen LogP contribution < -0.4 is 5.32 Å². The van der Waals surface area contributed by atoms with E-state index in [-0.39, 0.29) is 6.10 Å². The molecule has 1 atom stereocenters. The Morgan fingerprint density at radius 1 is 1.31 bits per heavy atom. The van der Waals surface area contributed by atoms with Gasteiger partial charge in [-0.05, 0) is 17.7 Å². The number of carbonyl (C=O) groups is 1. The first-order chi connectivity index (χ1) is 7.75. The first-order valence-corrected chi connectivity index (χ1v) is 4.84. The first kappa shape index (κ1) is 10.3. The molecule has 0 radical (unpaired) electrons. The zero-order valence-electron chi connectivity index (χ0n) is 8.46. The van der Waals surface area contributed by atoms with Gasteiger partial charge in [-0.15, -0.1) is 0 Å². The average Bonchev–Trinajstić information content (AvgIpc) is 2.30. The van der Waals surface area contributed by atoms with E-state index in [0.717, 1.165) is 5.56 Å². The molecule has 2 N–H and O–H groups in total. The minimum absolute atomic E-state index is 0.243.